The molecule has 0 atom stereocenters. The maximum atomic E-state index is 13.4. The predicted molar refractivity (Wildman–Crippen MR) is 117 cm³/mol. The lowest BCUT2D eigenvalue weighted by molar-refractivity contribution is 0.0980. The van der Waals surface area contributed by atoms with Gasteiger partial charge < -0.3 is 10.6 Å². The number of ketones is 2. The van der Waals surface area contributed by atoms with Crippen LogP contribution in [-0.4, -0.2) is 11.6 Å². The number of anilines is 2. The molecule has 0 saturated heterocycles. The second-order valence-corrected chi connectivity index (χ2v) is 7.05. The Morgan fingerprint density at radius 3 is 1.97 bits per heavy atom. The van der Waals surface area contributed by atoms with Crippen molar-refractivity contribution in [3.05, 3.63) is 106 Å². The maximum absolute atomic E-state index is 13.4. The summed E-state index contributed by atoms with van der Waals surface area (Å²) in [6.07, 6.45) is 1.93. The van der Waals surface area contributed by atoms with Crippen LogP contribution in [0.1, 0.15) is 51.3 Å². The minimum atomic E-state index is -0.134. The van der Waals surface area contributed by atoms with Crippen molar-refractivity contribution >= 4 is 22.9 Å². The molecule has 0 unspecified atom stereocenters. The van der Waals surface area contributed by atoms with Crippen molar-refractivity contribution in [3.8, 4) is 0 Å². The number of benzene rings is 3. The van der Waals surface area contributed by atoms with Crippen LogP contribution in [0.25, 0.3) is 0 Å². The van der Waals surface area contributed by atoms with E-state index < -0.39 is 0 Å². The molecule has 3 aromatic rings. The van der Waals surface area contributed by atoms with Gasteiger partial charge in [0.05, 0.1) is 16.8 Å². The van der Waals surface area contributed by atoms with Gasteiger partial charge in [-0.15, -0.1) is 0 Å². The van der Waals surface area contributed by atoms with Gasteiger partial charge >= 0.3 is 0 Å². The first-order valence-corrected chi connectivity index (χ1v) is 9.63. The van der Waals surface area contributed by atoms with Gasteiger partial charge in [-0.2, -0.15) is 0 Å². The first kappa shape index (κ1) is 18.7. The summed E-state index contributed by atoms with van der Waals surface area (Å²) < 4.78 is 0. The number of carbonyl (C=O) groups is 2. The number of hydrogen-bond donors (Lipinski definition) is 2. The molecule has 4 nitrogen and oxygen atoms in total. The molecule has 3 aromatic carbocycles. The van der Waals surface area contributed by atoms with E-state index in [2.05, 4.69) is 10.6 Å². The van der Waals surface area contributed by atoms with Gasteiger partial charge in [-0.1, -0.05) is 60.7 Å². The van der Waals surface area contributed by atoms with E-state index in [1.165, 1.54) is 0 Å². The van der Waals surface area contributed by atoms with E-state index >= 15 is 0 Å². The average Bonchev–Trinajstić information content (AvgIpc) is 2.77. The molecule has 0 saturated carbocycles. The van der Waals surface area contributed by atoms with E-state index in [1.54, 1.807) is 24.3 Å². The lowest BCUT2D eigenvalue weighted by atomic mass is 9.82. The molecule has 1 aliphatic carbocycles. The molecule has 0 aromatic heterocycles. The van der Waals surface area contributed by atoms with Gasteiger partial charge in [-0.3, -0.25) is 9.59 Å². The van der Waals surface area contributed by atoms with Crippen molar-refractivity contribution in [1.29, 1.82) is 0 Å². The van der Waals surface area contributed by atoms with Crippen LogP contribution >= 0.6 is 0 Å². The molecule has 0 heterocycles. The van der Waals surface area contributed by atoms with Crippen molar-refractivity contribution in [1.82, 2.24) is 0 Å². The zero-order chi connectivity index (χ0) is 20.4. The quantitative estimate of drug-likeness (QED) is 0.485. The van der Waals surface area contributed by atoms with E-state index in [0.29, 0.717) is 40.2 Å². The summed E-state index contributed by atoms with van der Waals surface area (Å²) in [5.41, 5.74) is 5.08. The molecule has 1 aliphatic rings. The van der Waals surface area contributed by atoms with Crippen molar-refractivity contribution in [2.45, 2.75) is 20.4 Å². The second-order valence-electron chi connectivity index (χ2n) is 7.05. The summed E-state index contributed by atoms with van der Waals surface area (Å²) in [5.74, 6) is -0.266. The standard InChI is InChI=1S/C25H22N2O2/c1-3-16(2)27-21-14-13-20(26-15-17-9-5-4-6-10-17)22-23(21)25(29)19-12-8-7-11-18(19)24(22)28/h3-14,26-27H,15H2,1-2H3/b16-3+. The van der Waals surface area contributed by atoms with Crippen LogP contribution in [-0.2, 0) is 6.54 Å². The molecule has 4 heteroatoms. The SMILES string of the molecule is C/C=C(\C)Nc1ccc(NCc2ccccc2)c2c1C(=O)c1ccccc1C2=O. The van der Waals surface area contributed by atoms with E-state index in [1.807, 2.05) is 62.4 Å². The lowest BCUT2D eigenvalue weighted by Gasteiger charge is -2.24. The molecule has 0 radical (unpaired) electrons. The Bertz CT molecular complexity index is 1130. The summed E-state index contributed by atoms with van der Waals surface area (Å²) in [5, 5.41) is 6.61. The Morgan fingerprint density at radius 2 is 1.34 bits per heavy atom. The van der Waals surface area contributed by atoms with Gasteiger partial charge in [-0.05, 0) is 31.5 Å². The normalized spacial score (nSPS) is 13.0. The number of rotatable bonds is 5. The Kier molecular flexibility index (Phi) is 5.00. The zero-order valence-electron chi connectivity index (χ0n) is 16.5. The van der Waals surface area contributed by atoms with Gasteiger partial charge in [0.1, 0.15) is 0 Å². The topological polar surface area (TPSA) is 58.2 Å². The van der Waals surface area contributed by atoms with Crippen molar-refractivity contribution in [2.24, 2.45) is 0 Å². The van der Waals surface area contributed by atoms with Gasteiger partial charge in [0, 0.05) is 29.1 Å². The molecule has 29 heavy (non-hydrogen) atoms. The summed E-state index contributed by atoms with van der Waals surface area (Å²) >= 11 is 0. The Hall–Kier alpha value is -3.66. The monoisotopic (exact) mass is 382 g/mol. The third kappa shape index (κ3) is 3.45. The first-order valence-electron chi connectivity index (χ1n) is 9.63. The first-order chi connectivity index (χ1) is 14.1. The van der Waals surface area contributed by atoms with Gasteiger partial charge in [0.2, 0.25) is 0 Å². The molecule has 2 N–H and O–H groups in total. The van der Waals surface area contributed by atoms with Crippen molar-refractivity contribution in [3.63, 3.8) is 0 Å². The van der Waals surface area contributed by atoms with Gasteiger partial charge in [-0.25, -0.2) is 0 Å². The summed E-state index contributed by atoms with van der Waals surface area (Å²) in [6.45, 7) is 4.42. The maximum Gasteiger partial charge on any atom is 0.196 e. The molecular formula is C25H22N2O2. The highest BCUT2D eigenvalue weighted by Gasteiger charge is 2.33. The molecule has 0 amide bonds. The molecular weight excluding hydrogens is 360 g/mol. The van der Waals surface area contributed by atoms with E-state index in [-0.39, 0.29) is 11.6 Å². The Balaban J connectivity index is 1.82. The fraction of sp³-hybridized carbons (Fsp3) is 0.120. The predicted octanol–water partition coefficient (Wildman–Crippen LogP) is 5.41. The highest BCUT2D eigenvalue weighted by atomic mass is 16.1. The summed E-state index contributed by atoms with van der Waals surface area (Å²) in [7, 11) is 0. The van der Waals surface area contributed by atoms with Crippen LogP contribution in [0, 0.1) is 0 Å². The molecule has 4 rings (SSSR count). The van der Waals surface area contributed by atoms with E-state index in [9.17, 15) is 9.59 Å². The number of hydrogen-bond acceptors (Lipinski definition) is 4. The Labute approximate surface area is 170 Å². The molecule has 0 aliphatic heterocycles. The molecule has 0 bridgehead atoms. The third-order valence-electron chi connectivity index (χ3n) is 5.17. The van der Waals surface area contributed by atoms with Crippen LogP contribution in [0.3, 0.4) is 0 Å². The molecule has 144 valence electrons. The third-order valence-corrected chi connectivity index (χ3v) is 5.17. The van der Waals surface area contributed by atoms with Gasteiger partial charge in [0.25, 0.3) is 0 Å². The van der Waals surface area contributed by atoms with E-state index in [0.717, 1.165) is 11.3 Å². The lowest BCUT2D eigenvalue weighted by Crippen LogP contribution is -2.24. The summed E-state index contributed by atoms with van der Waals surface area (Å²) in [6, 6.07) is 20.7. The molecule has 0 spiro atoms. The number of allylic oxidation sites excluding steroid dienone is 2. The molecule has 0 fully saturated rings. The van der Waals surface area contributed by atoms with Crippen LogP contribution in [0.5, 0.6) is 0 Å². The highest BCUT2D eigenvalue weighted by molar-refractivity contribution is 6.31. The van der Waals surface area contributed by atoms with E-state index in [4.69, 9.17) is 0 Å². The van der Waals surface area contributed by atoms with Crippen LogP contribution in [0.2, 0.25) is 0 Å². The largest absolute Gasteiger partial charge is 0.380 e. The van der Waals surface area contributed by atoms with Crippen molar-refractivity contribution < 1.29 is 9.59 Å². The second kappa shape index (κ2) is 7.76. The van der Waals surface area contributed by atoms with Crippen molar-refractivity contribution in [2.75, 3.05) is 10.6 Å². The fourth-order valence-corrected chi connectivity index (χ4v) is 3.55. The summed E-state index contributed by atoms with van der Waals surface area (Å²) in [4.78, 5) is 26.7. The Morgan fingerprint density at radius 1 is 0.793 bits per heavy atom. The smallest absolute Gasteiger partial charge is 0.196 e. The highest BCUT2D eigenvalue weighted by Crippen LogP contribution is 2.37. The van der Waals surface area contributed by atoms with Crippen LogP contribution in [0.15, 0.2) is 78.5 Å². The zero-order valence-corrected chi connectivity index (χ0v) is 16.5. The minimum Gasteiger partial charge on any atom is -0.380 e. The average molecular weight is 382 g/mol. The number of nitrogens with one attached hydrogen (secondary N) is 2. The van der Waals surface area contributed by atoms with Gasteiger partial charge in [0.15, 0.2) is 11.6 Å². The number of fused-ring (bicyclic) bond motifs is 2. The van der Waals surface area contributed by atoms with Crippen LogP contribution in [0.4, 0.5) is 11.4 Å². The minimum absolute atomic E-state index is 0.132. The fourth-order valence-electron chi connectivity index (χ4n) is 3.55. The van der Waals surface area contributed by atoms with Crippen LogP contribution < -0.4 is 10.6 Å². The number of carbonyl (C=O) groups excluding carboxylic acids is 2.